The highest BCUT2D eigenvalue weighted by Crippen LogP contribution is 2.26. The molecule has 0 spiro atoms. The minimum absolute atomic E-state index is 0.697. The molecular formula is C16H25N3. The molecule has 2 aliphatic rings. The zero-order valence-electron chi connectivity index (χ0n) is 12.2. The second-order valence-corrected chi connectivity index (χ2v) is 6.12. The number of nitrogens with zero attached hydrogens (tertiary/aromatic N) is 2. The maximum absolute atomic E-state index is 4.80. The summed E-state index contributed by atoms with van der Waals surface area (Å²) < 4.78 is 0. The van der Waals surface area contributed by atoms with Crippen LogP contribution >= 0.6 is 0 Å². The minimum atomic E-state index is 0.697. The van der Waals surface area contributed by atoms with Crippen molar-refractivity contribution in [3.05, 3.63) is 23.4 Å². The van der Waals surface area contributed by atoms with E-state index in [-0.39, 0.29) is 0 Å². The Morgan fingerprint density at radius 1 is 1.21 bits per heavy atom. The van der Waals surface area contributed by atoms with E-state index in [1.165, 1.54) is 49.8 Å². The lowest BCUT2D eigenvalue weighted by Gasteiger charge is -2.26. The highest BCUT2D eigenvalue weighted by Gasteiger charge is 2.22. The Morgan fingerprint density at radius 2 is 1.95 bits per heavy atom. The van der Waals surface area contributed by atoms with E-state index >= 15 is 0 Å². The molecule has 0 atom stereocenters. The molecule has 1 N–H and O–H groups in total. The molecule has 3 rings (SSSR count). The second-order valence-electron chi connectivity index (χ2n) is 6.12. The van der Waals surface area contributed by atoms with Crippen LogP contribution in [0.15, 0.2) is 12.1 Å². The number of aryl methyl sites for hydroxylation is 1. The lowest BCUT2D eigenvalue weighted by atomic mass is 10.2. The van der Waals surface area contributed by atoms with E-state index in [2.05, 4.69) is 36.3 Å². The van der Waals surface area contributed by atoms with Crippen molar-refractivity contribution in [2.24, 2.45) is 0 Å². The Bertz CT molecular complexity index is 434. The molecule has 0 bridgehead atoms. The van der Waals surface area contributed by atoms with Crippen LogP contribution in [0.1, 0.15) is 49.8 Å². The molecule has 3 nitrogen and oxygen atoms in total. The van der Waals surface area contributed by atoms with Gasteiger partial charge in [-0.2, -0.15) is 0 Å². The first-order valence-corrected chi connectivity index (χ1v) is 7.67. The molecule has 0 saturated heterocycles. The number of aromatic nitrogens is 1. The molecule has 1 aromatic rings. The number of nitrogens with one attached hydrogen (secondary N) is 1. The van der Waals surface area contributed by atoms with Gasteiger partial charge in [-0.25, -0.2) is 4.98 Å². The van der Waals surface area contributed by atoms with Gasteiger partial charge in [-0.3, -0.25) is 0 Å². The van der Waals surface area contributed by atoms with Crippen LogP contribution in [-0.4, -0.2) is 24.1 Å². The van der Waals surface area contributed by atoms with Gasteiger partial charge in [-0.15, -0.1) is 0 Å². The van der Waals surface area contributed by atoms with Crippen molar-refractivity contribution < 1.29 is 0 Å². The van der Waals surface area contributed by atoms with E-state index in [0.717, 1.165) is 18.4 Å². The van der Waals surface area contributed by atoms with Crippen LogP contribution in [0.3, 0.4) is 0 Å². The maximum Gasteiger partial charge on any atom is 0.128 e. The van der Waals surface area contributed by atoms with Crippen LogP contribution in [0.4, 0.5) is 5.82 Å². The monoisotopic (exact) mass is 259 g/mol. The summed E-state index contributed by atoms with van der Waals surface area (Å²) in [6.45, 7) is 3.10. The molecule has 0 aromatic carbocycles. The molecule has 0 amide bonds. The third-order valence-electron chi connectivity index (χ3n) is 4.57. The third-order valence-corrected chi connectivity index (χ3v) is 4.57. The van der Waals surface area contributed by atoms with Crippen LogP contribution in [0.25, 0.3) is 0 Å². The number of rotatable bonds is 5. The SMILES string of the molecule is Cc1nc(N(C)C2CCCC2)ccc1CNC1CC1. The van der Waals surface area contributed by atoms with Gasteiger partial charge in [0.15, 0.2) is 0 Å². The highest BCUT2D eigenvalue weighted by atomic mass is 15.2. The van der Waals surface area contributed by atoms with Crippen LogP contribution < -0.4 is 10.2 Å². The average molecular weight is 259 g/mol. The van der Waals surface area contributed by atoms with Gasteiger partial charge in [0.05, 0.1) is 0 Å². The number of hydrogen-bond donors (Lipinski definition) is 1. The molecule has 2 aliphatic carbocycles. The standard InChI is InChI=1S/C16H25N3/c1-12-13(11-17-14-8-9-14)7-10-16(18-12)19(2)15-5-3-4-6-15/h7,10,14-15,17H,3-6,8-9,11H2,1-2H3. The Kier molecular flexibility index (Phi) is 3.74. The van der Waals surface area contributed by atoms with Crippen molar-refractivity contribution in [3.8, 4) is 0 Å². The first kappa shape index (κ1) is 12.9. The maximum atomic E-state index is 4.80. The van der Waals surface area contributed by atoms with Crippen molar-refractivity contribution in [3.63, 3.8) is 0 Å². The quantitative estimate of drug-likeness (QED) is 0.881. The van der Waals surface area contributed by atoms with Gasteiger partial charge in [0.1, 0.15) is 5.82 Å². The van der Waals surface area contributed by atoms with Crippen LogP contribution in [0.2, 0.25) is 0 Å². The summed E-state index contributed by atoms with van der Waals surface area (Å²) in [4.78, 5) is 7.18. The largest absolute Gasteiger partial charge is 0.357 e. The molecule has 0 unspecified atom stereocenters. The van der Waals surface area contributed by atoms with Gasteiger partial charge in [0.2, 0.25) is 0 Å². The molecule has 3 heteroatoms. The number of anilines is 1. The third kappa shape index (κ3) is 3.08. The minimum Gasteiger partial charge on any atom is -0.357 e. The van der Waals surface area contributed by atoms with Gasteiger partial charge >= 0.3 is 0 Å². The van der Waals surface area contributed by atoms with Crippen LogP contribution in [0, 0.1) is 6.92 Å². The van der Waals surface area contributed by atoms with E-state index in [9.17, 15) is 0 Å². The lowest BCUT2D eigenvalue weighted by Crippen LogP contribution is -2.29. The lowest BCUT2D eigenvalue weighted by molar-refractivity contribution is 0.643. The molecule has 19 heavy (non-hydrogen) atoms. The van der Waals surface area contributed by atoms with Crippen molar-refractivity contribution in [2.75, 3.05) is 11.9 Å². The van der Waals surface area contributed by atoms with Gasteiger partial charge in [0.25, 0.3) is 0 Å². The summed E-state index contributed by atoms with van der Waals surface area (Å²) in [7, 11) is 2.19. The molecule has 2 saturated carbocycles. The second kappa shape index (κ2) is 5.49. The van der Waals surface area contributed by atoms with Crippen LogP contribution in [-0.2, 0) is 6.54 Å². The van der Waals surface area contributed by atoms with Crippen molar-refractivity contribution in [2.45, 2.75) is 64.1 Å². The van der Waals surface area contributed by atoms with Crippen molar-refractivity contribution >= 4 is 5.82 Å². The first-order chi connectivity index (χ1) is 9.24. The molecule has 1 aromatic heterocycles. The van der Waals surface area contributed by atoms with Crippen molar-refractivity contribution in [1.29, 1.82) is 0 Å². The smallest absolute Gasteiger partial charge is 0.128 e. The van der Waals surface area contributed by atoms with Crippen molar-refractivity contribution in [1.82, 2.24) is 10.3 Å². The van der Waals surface area contributed by atoms with Gasteiger partial charge in [-0.05, 0) is 44.2 Å². The number of hydrogen-bond acceptors (Lipinski definition) is 3. The topological polar surface area (TPSA) is 28.2 Å². The molecule has 0 aliphatic heterocycles. The zero-order chi connectivity index (χ0) is 13.2. The number of pyridine rings is 1. The van der Waals surface area contributed by atoms with E-state index in [4.69, 9.17) is 4.98 Å². The Morgan fingerprint density at radius 3 is 2.58 bits per heavy atom. The molecule has 104 valence electrons. The Hall–Kier alpha value is -1.09. The fraction of sp³-hybridized carbons (Fsp3) is 0.688. The predicted molar refractivity (Wildman–Crippen MR) is 79.5 cm³/mol. The van der Waals surface area contributed by atoms with E-state index in [0.29, 0.717) is 6.04 Å². The Balaban J connectivity index is 1.66. The summed E-state index contributed by atoms with van der Waals surface area (Å²) in [5, 5.41) is 3.56. The van der Waals surface area contributed by atoms with Gasteiger partial charge in [-0.1, -0.05) is 18.9 Å². The molecular weight excluding hydrogens is 234 g/mol. The summed E-state index contributed by atoms with van der Waals surface area (Å²) >= 11 is 0. The fourth-order valence-corrected chi connectivity index (χ4v) is 2.98. The summed E-state index contributed by atoms with van der Waals surface area (Å²) in [5.41, 5.74) is 2.52. The average Bonchev–Trinajstić information content (AvgIpc) is 3.08. The normalized spacial score (nSPS) is 19.9. The predicted octanol–water partition coefficient (Wildman–Crippen LogP) is 3.02. The van der Waals surface area contributed by atoms with E-state index in [1.807, 2.05) is 0 Å². The van der Waals surface area contributed by atoms with E-state index < -0.39 is 0 Å². The fourth-order valence-electron chi connectivity index (χ4n) is 2.98. The summed E-state index contributed by atoms with van der Waals surface area (Å²) in [5.74, 6) is 1.14. The van der Waals surface area contributed by atoms with Crippen LogP contribution in [0.5, 0.6) is 0 Å². The molecule has 1 heterocycles. The van der Waals surface area contributed by atoms with Gasteiger partial charge in [0, 0.05) is 31.4 Å². The highest BCUT2D eigenvalue weighted by molar-refractivity contribution is 5.42. The summed E-state index contributed by atoms with van der Waals surface area (Å²) in [6.07, 6.45) is 8.07. The first-order valence-electron chi connectivity index (χ1n) is 7.67. The molecule has 0 radical (unpaired) electrons. The Labute approximate surface area is 116 Å². The summed E-state index contributed by atoms with van der Waals surface area (Å²) in [6, 6.07) is 5.90. The van der Waals surface area contributed by atoms with E-state index in [1.54, 1.807) is 0 Å². The molecule has 2 fully saturated rings. The van der Waals surface area contributed by atoms with Gasteiger partial charge < -0.3 is 10.2 Å². The zero-order valence-corrected chi connectivity index (χ0v) is 12.2.